The SMILES string of the molecule is O=C(NC1CCC(c2nc3cc(Cl)ccc3o2)CC1)c1ccc(S(=O)(=O)C2CC2)o1. The zero-order valence-electron chi connectivity index (χ0n) is 16.1. The lowest BCUT2D eigenvalue weighted by Gasteiger charge is -2.27. The van der Waals surface area contributed by atoms with E-state index in [1.165, 1.54) is 12.1 Å². The molecular formula is C21H21ClN2O5S. The van der Waals surface area contributed by atoms with E-state index in [-0.39, 0.29) is 34.0 Å². The number of oxazole rings is 1. The van der Waals surface area contributed by atoms with Gasteiger partial charge in [-0.05, 0) is 68.9 Å². The highest BCUT2D eigenvalue weighted by Gasteiger charge is 2.39. The molecule has 0 atom stereocenters. The Balaban J connectivity index is 1.20. The van der Waals surface area contributed by atoms with Gasteiger partial charge in [0.25, 0.3) is 5.91 Å². The van der Waals surface area contributed by atoms with Crippen LogP contribution in [0.3, 0.4) is 0 Å². The minimum atomic E-state index is -3.44. The summed E-state index contributed by atoms with van der Waals surface area (Å²) >= 11 is 6.01. The third-order valence-corrected chi connectivity index (χ3v) is 8.19. The number of aromatic nitrogens is 1. The second-order valence-corrected chi connectivity index (χ2v) is 10.6. The number of nitrogens with one attached hydrogen (secondary N) is 1. The molecule has 1 amide bonds. The van der Waals surface area contributed by atoms with Crippen LogP contribution in [0.25, 0.3) is 11.1 Å². The van der Waals surface area contributed by atoms with E-state index in [0.717, 1.165) is 36.8 Å². The van der Waals surface area contributed by atoms with Crippen molar-refractivity contribution in [1.82, 2.24) is 10.3 Å². The predicted molar refractivity (Wildman–Crippen MR) is 110 cm³/mol. The molecule has 2 heterocycles. The van der Waals surface area contributed by atoms with Crippen LogP contribution < -0.4 is 5.32 Å². The van der Waals surface area contributed by atoms with Crippen LogP contribution in [0.4, 0.5) is 0 Å². The fourth-order valence-corrected chi connectivity index (χ4v) is 5.69. The van der Waals surface area contributed by atoms with Crippen molar-refractivity contribution in [1.29, 1.82) is 0 Å². The molecule has 0 unspecified atom stereocenters. The Kier molecular flexibility index (Phi) is 4.86. The summed E-state index contributed by atoms with van der Waals surface area (Å²) in [5.74, 6) is 0.556. The van der Waals surface area contributed by atoms with Crippen molar-refractivity contribution < 1.29 is 22.0 Å². The maximum atomic E-state index is 12.5. The van der Waals surface area contributed by atoms with Gasteiger partial charge < -0.3 is 14.2 Å². The molecular weight excluding hydrogens is 428 g/mol. The lowest BCUT2D eigenvalue weighted by Crippen LogP contribution is -2.37. The van der Waals surface area contributed by atoms with E-state index < -0.39 is 9.84 Å². The van der Waals surface area contributed by atoms with Gasteiger partial charge in [0.2, 0.25) is 14.9 Å². The monoisotopic (exact) mass is 448 g/mol. The summed E-state index contributed by atoms with van der Waals surface area (Å²) in [6.45, 7) is 0. The van der Waals surface area contributed by atoms with Crippen molar-refractivity contribution in [2.24, 2.45) is 0 Å². The Morgan fingerprint density at radius 3 is 2.53 bits per heavy atom. The van der Waals surface area contributed by atoms with Gasteiger partial charge in [-0.3, -0.25) is 4.79 Å². The number of furan rings is 1. The molecule has 1 aromatic carbocycles. The molecule has 3 aromatic rings. The van der Waals surface area contributed by atoms with Crippen LogP contribution in [0, 0.1) is 0 Å². The summed E-state index contributed by atoms with van der Waals surface area (Å²) in [5.41, 5.74) is 1.47. The number of fused-ring (bicyclic) bond motifs is 1. The highest BCUT2D eigenvalue weighted by atomic mass is 35.5. The van der Waals surface area contributed by atoms with Gasteiger partial charge in [0.15, 0.2) is 17.2 Å². The summed E-state index contributed by atoms with van der Waals surface area (Å²) < 4.78 is 35.7. The highest BCUT2D eigenvalue weighted by Crippen LogP contribution is 2.35. The van der Waals surface area contributed by atoms with Crippen molar-refractivity contribution in [3.63, 3.8) is 0 Å². The number of benzene rings is 1. The van der Waals surface area contributed by atoms with Crippen molar-refractivity contribution in [3.05, 3.63) is 47.0 Å². The molecule has 9 heteroatoms. The van der Waals surface area contributed by atoms with Crippen molar-refractivity contribution >= 4 is 38.4 Å². The first-order valence-corrected chi connectivity index (χ1v) is 12.0. The van der Waals surface area contributed by atoms with E-state index >= 15 is 0 Å². The molecule has 0 radical (unpaired) electrons. The summed E-state index contributed by atoms with van der Waals surface area (Å²) in [6, 6.07) is 8.19. The van der Waals surface area contributed by atoms with Crippen LogP contribution in [0.15, 0.2) is 44.3 Å². The number of nitrogens with zero attached hydrogens (tertiary/aromatic N) is 1. The van der Waals surface area contributed by atoms with E-state index in [0.29, 0.717) is 23.8 Å². The second kappa shape index (κ2) is 7.42. The zero-order valence-corrected chi connectivity index (χ0v) is 17.7. The van der Waals surface area contributed by atoms with Crippen LogP contribution >= 0.6 is 11.6 Å². The minimum absolute atomic E-state index is 0.00108. The summed E-state index contributed by atoms with van der Waals surface area (Å²) in [5, 5.41) is 3.10. The van der Waals surface area contributed by atoms with Crippen molar-refractivity contribution in [2.45, 2.75) is 60.8 Å². The summed E-state index contributed by atoms with van der Waals surface area (Å²) in [7, 11) is -3.44. The molecule has 5 rings (SSSR count). The van der Waals surface area contributed by atoms with Gasteiger partial charge in [-0.15, -0.1) is 0 Å². The van der Waals surface area contributed by atoms with Crippen LogP contribution in [0.5, 0.6) is 0 Å². The lowest BCUT2D eigenvalue weighted by molar-refractivity contribution is 0.0891. The third-order valence-electron chi connectivity index (χ3n) is 5.83. The predicted octanol–water partition coefficient (Wildman–Crippen LogP) is 4.47. The molecule has 0 bridgehead atoms. The Morgan fingerprint density at radius 1 is 1.03 bits per heavy atom. The number of carbonyl (C=O) groups excluding carboxylic acids is 1. The van der Waals surface area contributed by atoms with E-state index in [9.17, 15) is 13.2 Å². The van der Waals surface area contributed by atoms with Gasteiger partial charge in [0.1, 0.15) is 5.52 Å². The second-order valence-electron chi connectivity index (χ2n) is 8.05. The number of hydrogen-bond donors (Lipinski definition) is 1. The Morgan fingerprint density at radius 2 is 1.80 bits per heavy atom. The van der Waals surface area contributed by atoms with Crippen LogP contribution in [-0.4, -0.2) is 30.6 Å². The van der Waals surface area contributed by atoms with Gasteiger partial charge in [-0.25, -0.2) is 13.4 Å². The number of halogens is 1. The molecule has 2 aliphatic rings. The molecule has 2 saturated carbocycles. The molecule has 1 N–H and O–H groups in total. The van der Waals surface area contributed by atoms with Gasteiger partial charge in [0, 0.05) is 17.0 Å². The van der Waals surface area contributed by atoms with Crippen LogP contribution in [0.2, 0.25) is 5.02 Å². The van der Waals surface area contributed by atoms with Crippen LogP contribution in [-0.2, 0) is 9.84 Å². The first-order chi connectivity index (χ1) is 14.4. The molecule has 2 fully saturated rings. The summed E-state index contributed by atoms with van der Waals surface area (Å²) in [4.78, 5) is 17.1. The first-order valence-electron chi connectivity index (χ1n) is 10.1. The number of rotatable bonds is 5. The highest BCUT2D eigenvalue weighted by molar-refractivity contribution is 7.92. The van der Waals surface area contributed by atoms with E-state index in [1.807, 2.05) is 6.07 Å². The smallest absolute Gasteiger partial charge is 0.287 e. The first kappa shape index (κ1) is 19.6. The van der Waals surface area contributed by atoms with Gasteiger partial charge in [-0.1, -0.05) is 11.6 Å². The number of hydrogen-bond acceptors (Lipinski definition) is 6. The van der Waals surface area contributed by atoms with Crippen molar-refractivity contribution in [2.75, 3.05) is 0 Å². The number of sulfone groups is 1. The largest absolute Gasteiger partial charge is 0.440 e. The Labute approximate surface area is 178 Å². The third kappa shape index (κ3) is 3.74. The fourth-order valence-electron chi connectivity index (χ4n) is 3.97. The van der Waals surface area contributed by atoms with Gasteiger partial charge in [-0.2, -0.15) is 0 Å². The molecule has 30 heavy (non-hydrogen) atoms. The lowest BCUT2D eigenvalue weighted by atomic mass is 9.86. The molecule has 7 nitrogen and oxygen atoms in total. The van der Waals surface area contributed by atoms with Crippen LogP contribution in [0.1, 0.15) is 60.9 Å². The van der Waals surface area contributed by atoms with Gasteiger partial charge in [0.05, 0.1) is 5.25 Å². The number of carbonyl (C=O) groups is 1. The van der Waals surface area contributed by atoms with E-state index in [4.69, 9.17) is 20.4 Å². The maximum Gasteiger partial charge on any atom is 0.287 e. The molecule has 0 saturated heterocycles. The standard InChI is InChI=1S/C21H21ClN2O5S/c22-13-3-8-17-16(11-13)24-21(29-17)12-1-4-14(5-2-12)23-20(25)18-9-10-19(28-18)30(26,27)15-6-7-15/h3,8-12,14-15H,1-2,4-7H2,(H,23,25). The van der Waals surface area contributed by atoms with E-state index in [1.54, 1.807) is 12.1 Å². The molecule has 2 aliphatic carbocycles. The molecule has 2 aromatic heterocycles. The Bertz CT molecular complexity index is 1200. The quantitative estimate of drug-likeness (QED) is 0.617. The minimum Gasteiger partial charge on any atom is -0.440 e. The summed E-state index contributed by atoms with van der Waals surface area (Å²) in [6.07, 6.45) is 4.55. The normalized spacial score (nSPS) is 22.3. The molecule has 158 valence electrons. The molecule has 0 aliphatic heterocycles. The fraction of sp³-hybridized carbons (Fsp3) is 0.429. The number of amides is 1. The van der Waals surface area contributed by atoms with E-state index in [2.05, 4.69) is 10.3 Å². The topological polar surface area (TPSA) is 102 Å². The average molecular weight is 449 g/mol. The van der Waals surface area contributed by atoms with Crippen molar-refractivity contribution in [3.8, 4) is 0 Å². The maximum absolute atomic E-state index is 12.5. The molecule has 0 spiro atoms. The average Bonchev–Trinajstić information content (AvgIpc) is 3.32. The van der Waals surface area contributed by atoms with Gasteiger partial charge >= 0.3 is 0 Å². The zero-order chi connectivity index (χ0) is 20.9. The Hall–Kier alpha value is -2.32.